The number of hydrogen-bond donors (Lipinski definition) is 1. The standard InChI is InChI=1S/C13H23N3O/c1-4-16-12(8-11(2)14-16)9-13(17)6-5-7-15(3)10-13/h8,17H,4-7,9-10H2,1-3H3. The van der Waals surface area contributed by atoms with Crippen LogP contribution in [0.15, 0.2) is 6.07 Å². The van der Waals surface area contributed by atoms with Gasteiger partial charge in [0, 0.05) is 25.2 Å². The van der Waals surface area contributed by atoms with E-state index in [9.17, 15) is 5.11 Å². The Morgan fingerprint density at radius 2 is 2.29 bits per heavy atom. The number of aromatic nitrogens is 2. The summed E-state index contributed by atoms with van der Waals surface area (Å²) in [6.07, 6.45) is 2.68. The fraction of sp³-hybridized carbons (Fsp3) is 0.769. The highest BCUT2D eigenvalue weighted by atomic mass is 16.3. The molecule has 0 aliphatic carbocycles. The topological polar surface area (TPSA) is 41.3 Å². The van der Waals surface area contributed by atoms with E-state index >= 15 is 0 Å². The fourth-order valence-corrected chi connectivity index (χ4v) is 2.84. The van der Waals surface area contributed by atoms with Gasteiger partial charge in [0.05, 0.1) is 11.3 Å². The first-order valence-corrected chi connectivity index (χ1v) is 6.47. The highest BCUT2D eigenvalue weighted by Crippen LogP contribution is 2.24. The van der Waals surface area contributed by atoms with Crippen LogP contribution in [-0.2, 0) is 13.0 Å². The lowest BCUT2D eigenvalue weighted by molar-refractivity contribution is -0.0237. The molecule has 1 unspecified atom stereocenters. The minimum absolute atomic E-state index is 0.577. The fourth-order valence-electron chi connectivity index (χ4n) is 2.84. The predicted molar refractivity (Wildman–Crippen MR) is 68.0 cm³/mol. The van der Waals surface area contributed by atoms with Gasteiger partial charge in [0.2, 0.25) is 0 Å². The quantitative estimate of drug-likeness (QED) is 0.859. The largest absolute Gasteiger partial charge is 0.388 e. The molecule has 0 bridgehead atoms. The van der Waals surface area contributed by atoms with E-state index in [-0.39, 0.29) is 0 Å². The van der Waals surface area contributed by atoms with Gasteiger partial charge in [-0.1, -0.05) is 0 Å². The van der Waals surface area contributed by atoms with Crippen molar-refractivity contribution in [1.82, 2.24) is 14.7 Å². The SMILES string of the molecule is CCn1nc(C)cc1CC1(O)CCCN(C)C1. The second-order valence-corrected chi connectivity index (χ2v) is 5.34. The maximum absolute atomic E-state index is 10.6. The third-order valence-corrected chi connectivity index (χ3v) is 3.54. The van der Waals surface area contributed by atoms with Crippen LogP contribution in [0.1, 0.15) is 31.2 Å². The molecular weight excluding hydrogens is 214 g/mol. The number of likely N-dealkylation sites (tertiary alicyclic amines) is 1. The number of likely N-dealkylation sites (N-methyl/N-ethyl adjacent to an activating group) is 1. The van der Waals surface area contributed by atoms with Gasteiger partial charge in [-0.05, 0) is 46.3 Å². The first-order valence-electron chi connectivity index (χ1n) is 6.47. The molecule has 17 heavy (non-hydrogen) atoms. The first-order chi connectivity index (χ1) is 8.02. The van der Waals surface area contributed by atoms with Crippen molar-refractivity contribution in [3.05, 3.63) is 17.5 Å². The zero-order chi connectivity index (χ0) is 12.5. The number of hydrogen-bond acceptors (Lipinski definition) is 3. The third-order valence-electron chi connectivity index (χ3n) is 3.54. The van der Waals surface area contributed by atoms with Crippen LogP contribution in [0.3, 0.4) is 0 Å². The molecule has 4 heteroatoms. The second-order valence-electron chi connectivity index (χ2n) is 5.34. The van der Waals surface area contributed by atoms with E-state index in [1.165, 1.54) is 0 Å². The number of aliphatic hydroxyl groups is 1. The second kappa shape index (κ2) is 4.78. The Hall–Kier alpha value is -0.870. The molecule has 1 aromatic heterocycles. The zero-order valence-electron chi connectivity index (χ0n) is 11.1. The normalized spacial score (nSPS) is 26.4. The van der Waals surface area contributed by atoms with Gasteiger partial charge >= 0.3 is 0 Å². The highest BCUT2D eigenvalue weighted by molar-refractivity contribution is 5.12. The van der Waals surface area contributed by atoms with E-state index < -0.39 is 5.60 Å². The van der Waals surface area contributed by atoms with Crippen molar-refractivity contribution in [3.63, 3.8) is 0 Å². The predicted octanol–water partition coefficient (Wildman–Crippen LogP) is 1.21. The van der Waals surface area contributed by atoms with Crippen LogP contribution in [0, 0.1) is 6.92 Å². The molecule has 0 spiro atoms. The van der Waals surface area contributed by atoms with Crippen molar-refractivity contribution >= 4 is 0 Å². The summed E-state index contributed by atoms with van der Waals surface area (Å²) in [4.78, 5) is 2.21. The van der Waals surface area contributed by atoms with Gasteiger partial charge in [-0.3, -0.25) is 4.68 Å². The van der Waals surface area contributed by atoms with Crippen molar-refractivity contribution < 1.29 is 5.11 Å². The summed E-state index contributed by atoms with van der Waals surface area (Å²) in [5, 5.41) is 15.1. The number of nitrogens with zero attached hydrogens (tertiary/aromatic N) is 3. The van der Waals surface area contributed by atoms with Crippen molar-refractivity contribution in [1.29, 1.82) is 0 Å². The molecule has 1 aliphatic heterocycles. The summed E-state index contributed by atoms with van der Waals surface area (Å²) in [5.41, 5.74) is 1.62. The smallest absolute Gasteiger partial charge is 0.0829 e. The minimum Gasteiger partial charge on any atom is -0.388 e. The zero-order valence-corrected chi connectivity index (χ0v) is 11.1. The maximum atomic E-state index is 10.6. The van der Waals surface area contributed by atoms with E-state index in [0.29, 0.717) is 6.42 Å². The van der Waals surface area contributed by atoms with Crippen molar-refractivity contribution in [2.75, 3.05) is 20.1 Å². The van der Waals surface area contributed by atoms with Gasteiger partial charge in [-0.15, -0.1) is 0 Å². The van der Waals surface area contributed by atoms with Crippen molar-refractivity contribution in [3.8, 4) is 0 Å². The van der Waals surface area contributed by atoms with Gasteiger partial charge in [-0.2, -0.15) is 5.10 Å². The van der Waals surface area contributed by atoms with Crippen LogP contribution in [0.2, 0.25) is 0 Å². The highest BCUT2D eigenvalue weighted by Gasteiger charge is 2.33. The Balaban J connectivity index is 2.13. The lowest BCUT2D eigenvalue weighted by atomic mass is 9.88. The first kappa shape index (κ1) is 12.6. The molecule has 0 aromatic carbocycles. The Morgan fingerprint density at radius 3 is 2.94 bits per heavy atom. The summed E-state index contributed by atoms with van der Waals surface area (Å²) in [5.74, 6) is 0. The summed E-state index contributed by atoms with van der Waals surface area (Å²) in [6, 6.07) is 2.09. The van der Waals surface area contributed by atoms with Crippen LogP contribution >= 0.6 is 0 Å². The summed E-state index contributed by atoms with van der Waals surface area (Å²) in [6.45, 7) is 6.82. The molecule has 2 rings (SSSR count). The average molecular weight is 237 g/mol. The maximum Gasteiger partial charge on any atom is 0.0829 e. The lowest BCUT2D eigenvalue weighted by Gasteiger charge is -2.37. The Bertz CT molecular complexity index is 388. The molecular formula is C13H23N3O. The van der Waals surface area contributed by atoms with Gasteiger partial charge in [0.25, 0.3) is 0 Å². The third kappa shape index (κ3) is 2.87. The van der Waals surface area contributed by atoms with Gasteiger partial charge < -0.3 is 10.0 Å². The number of rotatable bonds is 3. The van der Waals surface area contributed by atoms with Gasteiger partial charge in [0.15, 0.2) is 0 Å². The molecule has 1 atom stereocenters. The molecule has 1 fully saturated rings. The summed E-state index contributed by atoms with van der Waals surface area (Å²) in [7, 11) is 2.08. The van der Waals surface area contributed by atoms with Crippen LogP contribution in [0.5, 0.6) is 0 Å². The molecule has 2 heterocycles. The number of aryl methyl sites for hydroxylation is 2. The lowest BCUT2D eigenvalue weighted by Crippen LogP contribution is -2.48. The molecule has 1 N–H and O–H groups in total. The van der Waals surface area contributed by atoms with E-state index in [2.05, 4.69) is 30.0 Å². The summed E-state index contributed by atoms with van der Waals surface area (Å²) >= 11 is 0. The molecule has 96 valence electrons. The summed E-state index contributed by atoms with van der Waals surface area (Å²) < 4.78 is 2.00. The average Bonchev–Trinajstić information content (AvgIpc) is 2.57. The van der Waals surface area contributed by atoms with Crippen molar-refractivity contribution in [2.24, 2.45) is 0 Å². The number of β-amino-alcohol motifs (C(OH)–C–C–N with tert-alkyl or cyclic N) is 1. The molecule has 1 aliphatic rings. The van der Waals surface area contributed by atoms with Crippen molar-refractivity contribution in [2.45, 2.75) is 45.3 Å². The minimum atomic E-state index is -0.577. The molecule has 0 radical (unpaired) electrons. The van der Waals surface area contributed by atoms with Gasteiger partial charge in [0.1, 0.15) is 0 Å². The Morgan fingerprint density at radius 1 is 1.53 bits per heavy atom. The van der Waals surface area contributed by atoms with E-state index in [4.69, 9.17) is 0 Å². The van der Waals surface area contributed by atoms with E-state index in [0.717, 1.165) is 43.9 Å². The molecule has 1 aromatic rings. The van der Waals surface area contributed by atoms with Gasteiger partial charge in [-0.25, -0.2) is 0 Å². The Kier molecular flexibility index (Phi) is 3.54. The van der Waals surface area contributed by atoms with Crippen LogP contribution in [0.4, 0.5) is 0 Å². The van der Waals surface area contributed by atoms with Crippen LogP contribution in [-0.4, -0.2) is 45.5 Å². The molecule has 4 nitrogen and oxygen atoms in total. The Labute approximate surface area is 103 Å². The molecule has 1 saturated heterocycles. The van der Waals surface area contributed by atoms with Crippen LogP contribution in [0.25, 0.3) is 0 Å². The van der Waals surface area contributed by atoms with Crippen LogP contribution < -0.4 is 0 Å². The van der Waals surface area contributed by atoms with E-state index in [1.54, 1.807) is 0 Å². The number of piperidine rings is 1. The molecule has 0 amide bonds. The molecule has 0 saturated carbocycles. The van der Waals surface area contributed by atoms with E-state index in [1.807, 2.05) is 11.6 Å². The monoisotopic (exact) mass is 237 g/mol.